The molecule has 4 heteroatoms. The molecule has 0 nitrogen and oxygen atoms in total. The molecule has 0 aromatic carbocycles. The molecule has 1 aliphatic rings. The lowest BCUT2D eigenvalue weighted by atomic mass is 10.3. The van der Waals surface area contributed by atoms with Crippen LogP contribution in [0, 0.1) is 0 Å². The molecule has 1 rings (SSSR count). The number of hydrogen-bond donors (Lipinski definition) is 0. The van der Waals surface area contributed by atoms with Crippen LogP contribution in [-0.4, -0.2) is 19.2 Å². The van der Waals surface area contributed by atoms with E-state index in [-0.39, 0.29) is 0 Å². The second-order valence-electron chi connectivity index (χ2n) is 2.88. The van der Waals surface area contributed by atoms with E-state index in [0.29, 0.717) is 10.6 Å². The third kappa shape index (κ3) is 2.18. The molecule has 0 saturated carbocycles. The van der Waals surface area contributed by atoms with Gasteiger partial charge in [-0.3, -0.25) is 0 Å². The fourth-order valence-electron chi connectivity index (χ4n) is 1.43. The van der Waals surface area contributed by atoms with Gasteiger partial charge < -0.3 is 0 Å². The predicted molar refractivity (Wildman–Crippen MR) is 35.3 cm³/mol. The molecule has 58 valence electrons. The van der Waals surface area contributed by atoms with Crippen molar-refractivity contribution in [3.8, 4) is 0 Å². The molecule has 0 unspecified atom stereocenters. The summed E-state index contributed by atoms with van der Waals surface area (Å²) in [7, 11) is 0. The standard InChI is InChI=1S/C5H10.CF3.Al/c1-3-5-4-2;2-1(3)4;/h1-5H2;;. The van der Waals surface area contributed by atoms with Gasteiger partial charge in [0.2, 0.25) is 0 Å². The van der Waals surface area contributed by atoms with E-state index in [1.807, 2.05) is 0 Å². The van der Waals surface area contributed by atoms with Crippen molar-refractivity contribution < 1.29 is 13.2 Å². The van der Waals surface area contributed by atoms with Crippen LogP contribution in [0.2, 0.25) is 10.6 Å². The van der Waals surface area contributed by atoms with Crippen LogP contribution in [0.5, 0.6) is 0 Å². The van der Waals surface area contributed by atoms with E-state index in [2.05, 4.69) is 0 Å². The largest absolute Gasteiger partial charge is 0.428 e. The summed E-state index contributed by atoms with van der Waals surface area (Å²) in [6, 6.07) is 0. The second kappa shape index (κ2) is 3.15. The summed E-state index contributed by atoms with van der Waals surface area (Å²) in [5.41, 5.74) is 0. The summed E-state index contributed by atoms with van der Waals surface area (Å²) < 4.78 is 36.0. The number of hydrogen-bond acceptors (Lipinski definition) is 0. The van der Waals surface area contributed by atoms with Crippen molar-refractivity contribution in [1.29, 1.82) is 0 Å². The Labute approximate surface area is 62.8 Å². The predicted octanol–water partition coefficient (Wildman–Crippen LogP) is 2.77. The normalized spacial score (nSPS) is 21.3. The Bertz CT molecular complexity index is 104. The SMILES string of the molecule is F[C](F)(F)[Al]1[CH2]CCC[CH2]1. The maximum Gasteiger partial charge on any atom is 0.428 e. The molecular weight excluding hydrogens is 156 g/mol. The van der Waals surface area contributed by atoms with Crippen LogP contribution in [0.1, 0.15) is 19.3 Å². The molecule has 1 heterocycles. The summed E-state index contributed by atoms with van der Waals surface area (Å²) >= 11 is -2.31. The second-order valence-corrected chi connectivity index (χ2v) is 6.08. The fourth-order valence-corrected chi connectivity index (χ4v) is 3.94. The number of rotatable bonds is 0. The van der Waals surface area contributed by atoms with Crippen molar-refractivity contribution >= 4 is 14.1 Å². The minimum Gasteiger partial charge on any atom is -0.191 e. The average Bonchev–Trinajstić information content (AvgIpc) is 1.88. The monoisotopic (exact) mass is 166 g/mol. The van der Waals surface area contributed by atoms with E-state index >= 15 is 0 Å². The van der Waals surface area contributed by atoms with E-state index in [9.17, 15) is 13.2 Å². The topological polar surface area (TPSA) is 0 Å². The van der Waals surface area contributed by atoms with Gasteiger partial charge in [-0.2, -0.15) is 13.2 Å². The Morgan fingerprint density at radius 3 is 1.70 bits per heavy atom. The highest BCUT2D eigenvalue weighted by Gasteiger charge is 2.45. The van der Waals surface area contributed by atoms with Crippen LogP contribution in [0.15, 0.2) is 0 Å². The Balaban J connectivity index is 2.39. The van der Waals surface area contributed by atoms with E-state index in [1.165, 1.54) is 0 Å². The highest BCUT2D eigenvalue weighted by Crippen LogP contribution is 2.30. The lowest BCUT2D eigenvalue weighted by molar-refractivity contribution is -0.0528. The van der Waals surface area contributed by atoms with Gasteiger partial charge in [0.05, 0.1) is 0 Å². The van der Waals surface area contributed by atoms with Crippen molar-refractivity contribution in [3.05, 3.63) is 0 Å². The molecule has 0 radical (unpaired) electrons. The molecule has 1 saturated heterocycles. The van der Waals surface area contributed by atoms with Gasteiger partial charge >= 0.3 is 19.2 Å². The first kappa shape index (κ1) is 8.42. The van der Waals surface area contributed by atoms with Crippen LogP contribution < -0.4 is 0 Å². The molecule has 1 fully saturated rings. The lowest BCUT2D eigenvalue weighted by Crippen LogP contribution is -2.34. The summed E-state index contributed by atoms with van der Waals surface area (Å²) in [5.74, 6) is 0. The van der Waals surface area contributed by atoms with Gasteiger partial charge in [-0.1, -0.05) is 29.8 Å². The van der Waals surface area contributed by atoms with Crippen molar-refractivity contribution in [3.63, 3.8) is 0 Å². The average molecular weight is 166 g/mol. The summed E-state index contributed by atoms with van der Waals surface area (Å²) in [4.78, 5) is 0. The van der Waals surface area contributed by atoms with Crippen LogP contribution in [0.25, 0.3) is 0 Å². The molecular formula is C6H10AlF3. The summed E-state index contributed by atoms with van der Waals surface area (Å²) in [5, 5.41) is -2.81. The van der Waals surface area contributed by atoms with E-state index in [0.717, 1.165) is 19.3 Å². The zero-order chi connectivity index (χ0) is 7.61. The number of alkyl halides is 3. The Kier molecular flexibility index (Phi) is 2.65. The zero-order valence-electron chi connectivity index (χ0n) is 5.75. The highest BCUT2D eigenvalue weighted by molar-refractivity contribution is 6.61. The summed E-state index contributed by atoms with van der Waals surface area (Å²) in [6.07, 6.45) is 2.65. The first-order chi connectivity index (χ1) is 4.61. The smallest absolute Gasteiger partial charge is 0.191 e. The molecule has 0 amide bonds. The molecule has 0 spiro atoms. The Hall–Kier alpha value is 0.322. The molecule has 0 bridgehead atoms. The lowest BCUT2D eigenvalue weighted by Gasteiger charge is -2.18. The van der Waals surface area contributed by atoms with Crippen molar-refractivity contribution in [1.82, 2.24) is 0 Å². The van der Waals surface area contributed by atoms with Crippen LogP contribution >= 0.6 is 0 Å². The van der Waals surface area contributed by atoms with E-state index in [1.54, 1.807) is 0 Å². The van der Waals surface area contributed by atoms with Crippen molar-refractivity contribution in [2.24, 2.45) is 0 Å². The quantitative estimate of drug-likeness (QED) is 0.485. The number of halogens is 3. The van der Waals surface area contributed by atoms with Crippen molar-refractivity contribution in [2.75, 3.05) is 0 Å². The van der Waals surface area contributed by atoms with Crippen LogP contribution in [0.4, 0.5) is 13.2 Å². The van der Waals surface area contributed by atoms with E-state index < -0.39 is 19.2 Å². The van der Waals surface area contributed by atoms with E-state index in [4.69, 9.17) is 0 Å². The maximum absolute atomic E-state index is 12.0. The molecule has 0 N–H and O–H groups in total. The Morgan fingerprint density at radius 1 is 0.900 bits per heavy atom. The molecule has 0 aromatic heterocycles. The van der Waals surface area contributed by atoms with Gasteiger partial charge in [-0.25, -0.2) is 0 Å². The van der Waals surface area contributed by atoms with Crippen LogP contribution in [0.3, 0.4) is 0 Å². The van der Waals surface area contributed by atoms with Gasteiger partial charge in [-0.05, 0) is 0 Å². The summed E-state index contributed by atoms with van der Waals surface area (Å²) in [6.45, 7) is 0. The van der Waals surface area contributed by atoms with Gasteiger partial charge in [0, 0.05) is 0 Å². The van der Waals surface area contributed by atoms with Crippen LogP contribution in [-0.2, 0) is 0 Å². The Morgan fingerprint density at radius 2 is 1.40 bits per heavy atom. The zero-order valence-corrected chi connectivity index (χ0v) is 6.90. The first-order valence-electron chi connectivity index (χ1n) is 3.67. The molecule has 0 aromatic rings. The van der Waals surface area contributed by atoms with Gasteiger partial charge in [0.15, 0.2) is 0 Å². The van der Waals surface area contributed by atoms with Gasteiger partial charge in [0.1, 0.15) is 0 Å². The molecule has 0 aliphatic carbocycles. The highest BCUT2D eigenvalue weighted by atomic mass is 27.2. The molecule has 1 aliphatic heterocycles. The third-order valence-electron chi connectivity index (χ3n) is 2.07. The first-order valence-corrected chi connectivity index (χ1v) is 5.88. The third-order valence-corrected chi connectivity index (χ3v) is 5.20. The molecule has 10 heavy (non-hydrogen) atoms. The van der Waals surface area contributed by atoms with Gasteiger partial charge in [0.25, 0.3) is 0 Å². The minimum absolute atomic E-state index is 0.490. The minimum atomic E-state index is -3.79. The van der Waals surface area contributed by atoms with Crippen molar-refractivity contribution in [2.45, 2.75) is 34.9 Å². The van der Waals surface area contributed by atoms with Gasteiger partial charge in [-0.15, -0.1) is 0 Å². The fraction of sp³-hybridized carbons (Fsp3) is 1.00. The molecule has 0 atom stereocenters. The maximum atomic E-state index is 12.0.